The Labute approximate surface area is 188 Å². The minimum Gasteiger partial charge on any atom is -0.465 e. The number of benzene rings is 2. The zero-order chi connectivity index (χ0) is 23.4. The van der Waals surface area contributed by atoms with Gasteiger partial charge in [-0.2, -0.15) is 5.10 Å². The molecule has 0 unspecified atom stereocenters. The number of urea groups is 1. The number of aromatic nitrogens is 1. The molecule has 7 nitrogen and oxygen atoms in total. The van der Waals surface area contributed by atoms with Crippen LogP contribution in [0.4, 0.5) is 10.5 Å². The van der Waals surface area contributed by atoms with Crippen LogP contribution in [-0.4, -0.2) is 29.9 Å². The Morgan fingerprint density at radius 3 is 2.44 bits per heavy atom. The Bertz CT molecular complexity index is 1210. The van der Waals surface area contributed by atoms with Crippen molar-refractivity contribution in [2.45, 2.75) is 34.6 Å². The topological polar surface area (TPSA) is 84.7 Å². The second-order valence-corrected chi connectivity index (χ2v) is 7.73. The molecule has 0 aliphatic carbocycles. The average Bonchev–Trinajstić information content (AvgIpc) is 3.04. The minimum absolute atomic E-state index is 0.362. The summed E-state index contributed by atoms with van der Waals surface area (Å²) in [5.41, 5.74) is 10.7. The number of ether oxygens (including phenoxy) is 1. The second-order valence-electron chi connectivity index (χ2n) is 7.73. The van der Waals surface area contributed by atoms with E-state index in [9.17, 15) is 9.59 Å². The number of aryl methyl sites for hydroxylation is 3. The van der Waals surface area contributed by atoms with E-state index in [1.807, 2.05) is 71.0 Å². The van der Waals surface area contributed by atoms with Crippen molar-refractivity contribution in [2.75, 3.05) is 12.4 Å². The van der Waals surface area contributed by atoms with Crippen LogP contribution in [0.1, 0.15) is 44.0 Å². The molecule has 2 amide bonds. The zero-order valence-electron chi connectivity index (χ0n) is 19.2. The minimum atomic E-state index is -0.405. The molecule has 3 rings (SSSR count). The van der Waals surface area contributed by atoms with Gasteiger partial charge in [-0.3, -0.25) is 0 Å². The SMILES string of the molecule is COC(=O)c1ccc(-n2c(C)cc(/C=N/NC(=O)Nc3cccc(C)c3C)c2C)c(C)c1. The van der Waals surface area contributed by atoms with Crippen LogP contribution >= 0.6 is 0 Å². The Hall–Kier alpha value is -3.87. The molecule has 32 heavy (non-hydrogen) atoms. The lowest BCUT2D eigenvalue weighted by Crippen LogP contribution is -2.24. The molecule has 0 radical (unpaired) electrons. The van der Waals surface area contributed by atoms with Gasteiger partial charge in [0.1, 0.15) is 0 Å². The van der Waals surface area contributed by atoms with Gasteiger partial charge in [0.25, 0.3) is 0 Å². The molecule has 0 saturated carbocycles. The largest absolute Gasteiger partial charge is 0.465 e. The van der Waals surface area contributed by atoms with Gasteiger partial charge in [0.2, 0.25) is 0 Å². The molecule has 3 aromatic rings. The molecule has 0 saturated heterocycles. The molecule has 0 atom stereocenters. The van der Waals surface area contributed by atoms with E-state index >= 15 is 0 Å². The highest BCUT2D eigenvalue weighted by Gasteiger charge is 2.14. The summed E-state index contributed by atoms with van der Waals surface area (Å²) >= 11 is 0. The number of methoxy groups -OCH3 is 1. The van der Waals surface area contributed by atoms with Crippen LogP contribution in [0.2, 0.25) is 0 Å². The van der Waals surface area contributed by atoms with Crippen LogP contribution < -0.4 is 10.7 Å². The average molecular weight is 433 g/mol. The highest BCUT2D eigenvalue weighted by atomic mass is 16.5. The molecular formula is C25H28N4O3. The third-order valence-electron chi connectivity index (χ3n) is 5.55. The van der Waals surface area contributed by atoms with Crippen molar-refractivity contribution in [1.82, 2.24) is 9.99 Å². The number of nitrogens with zero attached hydrogens (tertiary/aromatic N) is 2. The molecule has 0 bridgehead atoms. The number of esters is 1. The van der Waals surface area contributed by atoms with Gasteiger partial charge in [0, 0.05) is 28.3 Å². The molecule has 2 N–H and O–H groups in total. The lowest BCUT2D eigenvalue weighted by Gasteiger charge is -2.13. The maximum atomic E-state index is 12.2. The maximum Gasteiger partial charge on any atom is 0.339 e. The van der Waals surface area contributed by atoms with E-state index < -0.39 is 6.03 Å². The van der Waals surface area contributed by atoms with Crippen LogP contribution in [0.5, 0.6) is 0 Å². The molecule has 1 heterocycles. The van der Waals surface area contributed by atoms with E-state index in [-0.39, 0.29) is 5.97 Å². The van der Waals surface area contributed by atoms with E-state index in [2.05, 4.69) is 20.4 Å². The monoisotopic (exact) mass is 432 g/mol. The number of hydrazone groups is 1. The summed E-state index contributed by atoms with van der Waals surface area (Å²) in [6.07, 6.45) is 1.62. The Morgan fingerprint density at radius 2 is 1.75 bits per heavy atom. The standard InChI is InChI=1S/C25H28N4O3/c1-15-8-7-9-22(18(15)4)27-25(31)28-26-14-21-13-17(3)29(19(21)5)23-11-10-20(12-16(23)2)24(30)32-6/h7-14H,1-6H3,(H2,27,28,31)/b26-14+. The van der Waals surface area contributed by atoms with Crippen molar-refractivity contribution in [3.05, 3.63) is 81.7 Å². The summed E-state index contributed by atoms with van der Waals surface area (Å²) in [4.78, 5) is 24.0. The fourth-order valence-electron chi connectivity index (χ4n) is 3.64. The highest BCUT2D eigenvalue weighted by molar-refractivity contribution is 5.92. The molecule has 0 aliphatic heterocycles. The first kappa shape index (κ1) is 22.8. The number of rotatable bonds is 5. The van der Waals surface area contributed by atoms with Gasteiger partial charge in [-0.15, -0.1) is 0 Å². The van der Waals surface area contributed by atoms with E-state index in [4.69, 9.17) is 4.74 Å². The molecule has 0 spiro atoms. The van der Waals surface area contributed by atoms with Crippen molar-refractivity contribution in [1.29, 1.82) is 0 Å². The number of carbonyl (C=O) groups is 2. The van der Waals surface area contributed by atoms with Crippen LogP contribution in [0.25, 0.3) is 5.69 Å². The van der Waals surface area contributed by atoms with Crippen molar-refractivity contribution < 1.29 is 14.3 Å². The molecule has 2 aromatic carbocycles. The Kier molecular flexibility index (Phi) is 6.78. The van der Waals surface area contributed by atoms with Gasteiger partial charge in [0.05, 0.1) is 18.9 Å². The predicted molar refractivity (Wildman–Crippen MR) is 127 cm³/mol. The van der Waals surface area contributed by atoms with Crippen LogP contribution in [-0.2, 0) is 4.74 Å². The fraction of sp³-hybridized carbons (Fsp3) is 0.240. The first-order valence-electron chi connectivity index (χ1n) is 10.3. The summed E-state index contributed by atoms with van der Waals surface area (Å²) in [5.74, 6) is -0.362. The van der Waals surface area contributed by atoms with Crippen molar-refractivity contribution in [2.24, 2.45) is 5.10 Å². The van der Waals surface area contributed by atoms with Gasteiger partial charge in [-0.1, -0.05) is 12.1 Å². The van der Waals surface area contributed by atoms with Crippen molar-refractivity contribution in [3.63, 3.8) is 0 Å². The first-order valence-corrected chi connectivity index (χ1v) is 10.3. The third kappa shape index (κ3) is 4.72. The summed E-state index contributed by atoms with van der Waals surface area (Å²) in [5, 5.41) is 6.92. The lowest BCUT2D eigenvalue weighted by molar-refractivity contribution is 0.0600. The molecular weight excluding hydrogens is 404 g/mol. The third-order valence-corrected chi connectivity index (χ3v) is 5.55. The lowest BCUT2D eigenvalue weighted by atomic mass is 10.1. The van der Waals surface area contributed by atoms with Gasteiger partial charge < -0.3 is 14.6 Å². The van der Waals surface area contributed by atoms with E-state index in [0.29, 0.717) is 5.56 Å². The second kappa shape index (κ2) is 9.51. The number of carbonyl (C=O) groups excluding carboxylic acids is 2. The number of amides is 2. The van der Waals surface area contributed by atoms with Gasteiger partial charge >= 0.3 is 12.0 Å². The summed E-state index contributed by atoms with van der Waals surface area (Å²) in [6, 6.07) is 12.8. The maximum absolute atomic E-state index is 12.2. The number of hydrogen-bond donors (Lipinski definition) is 2. The van der Waals surface area contributed by atoms with Crippen LogP contribution in [0.15, 0.2) is 47.6 Å². The normalized spacial score (nSPS) is 10.9. The van der Waals surface area contributed by atoms with Crippen LogP contribution in [0, 0.1) is 34.6 Å². The summed E-state index contributed by atoms with van der Waals surface area (Å²) in [6.45, 7) is 9.89. The highest BCUT2D eigenvalue weighted by Crippen LogP contribution is 2.24. The van der Waals surface area contributed by atoms with Gasteiger partial charge in [0.15, 0.2) is 0 Å². The summed E-state index contributed by atoms with van der Waals surface area (Å²) < 4.78 is 6.89. The van der Waals surface area contributed by atoms with E-state index in [1.165, 1.54) is 7.11 Å². The summed E-state index contributed by atoms with van der Waals surface area (Å²) in [7, 11) is 1.37. The zero-order valence-corrected chi connectivity index (χ0v) is 19.2. The van der Waals surface area contributed by atoms with Crippen LogP contribution in [0.3, 0.4) is 0 Å². The van der Waals surface area contributed by atoms with Crippen molar-refractivity contribution >= 4 is 23.9 Å². The van der Waals surface area contributed by atoms with Crippen molar-refractivity contribution in [3.8, 4) is 5.69 Å². The predicted octanol–water partition coefficient (Wildman–Crippen LogP) is 4.96. The molecule has 0 fully saturated rings. The molecule has 1 aromatic heterocycles. The number of nitrogens with one attached hydrogen (secondary N) is 2. The van der Waals surface area contributed by atoms with Gasteiger partial charge in [-0.25, -0.2) is 15.0 Å². The Balaban J connectivity index is 1.76. The number of hydrogen-bond acceptors (Lipinski definition) is 4. The smallest absolute Gasteiger partial charge is 0.339 e. The quantitative estimate of drug-likeness (QED) is 0.339. The number of anilines is 1. The first-order chi connectivity index (χ1) is 15.2. The molecule has 166 valence electrons. The Morgan fingerprint density at radius 1 is 1.00 bits per heavy atom. The molecule has 7 heteroatoms. The van der Waals surface area contributed by atoms with Gasteiger partial charge in [-0.05, 0) is 81.6 Å². The van der Waals surface area contributed by atoms with E-state index in [0.717, 1.165) is 45.0 Å². The van der Waals surface area contributed by atoms with E-state index in [1.54, 1.807) is 12.3 Å². The molecule has 0 aliphatic rings. The fourth-order valence-corrected chi connectivity index (χ4v) is 3.64.